The lowest BCUT2D eigenvalue weighted by atomic mass is 10.0. The molecule has 4 nitrogen and oxygen atoms in total. The largest absolute Gasteiger partial charge is 0.317 e. The Kier molecular flexibility index (Phi) is 3.83. The van der Waals surface area contributed by atoms with Gasteiger partial charge in [0.15, 0.2) is 0 Å². The zero-order valence-electron chi connectivity index (χ0n) is 12.2. The Morgan fingerprint density at radius 3 is 2.70 bits per heavy atom. The number of hydrogen-bond acceptors (Lipinski definition) is 3. The highest BCUT2D eigenvalue weighted by Gasteiger charge is 2.32. The van der Waals surface area contributed by atoms with Gasteiger partial charge in [-0.05, 0) is 38.2 Å². The van der Waals surface area contributed by atoms with Crippen molar-refractivity contribution in [3.05, 3.63) is 47.5 Å². The maximum Gasteiger partial charge on any atom is 0.146 e. The molecule has 1 unspecified atom stereocenters. The van der Waals surface area contributed by atoms with Crippen molar-refractivity contribution in [2.45, 2.75) is 45.8 Å². The van der Waals surface area contributed by atoms with Crippen LogP contribution in [0.5, 0.6) is 0 Å². The molecular weight excluding hydrogens is 248 g/mol. The summed E-state index contributed by atoms with van der Waals surface area (Å²) in [6.07, 6.45) is 4.45. The average Bonchev–Trinajstić information content (AvgIpc) is 3.19. The van der Waals surface area contributed by atoms with Crippen LogP contribution in [0, 0.1) is 12.8 Å². The van der Waals surface area contributed by atoms with Crippen LogP contribution in [0.3, 0.4) is 0 Å². The third-order valence-corrected chi connectivity index (χ3v) is 4.05. The first-order valence-electron chi connectivity index (χ1n) is 7.44. The first kappa shape index (κ1) is 13.3. The fourth-order valence-electron chi connectivity index (χ4n) is 2.64. The van der Waals surface area contributed by atoms with Gasteiger partial charge in [0.2, 0.25) is 0 Å². The van der Waals surface area contributed by atoms with Crippen molar-refractivity contribution in [3.63, 3.8) is 0 Å². The SMILES string of the molecule is CCn1cnnc1CNC(c1ccc(C)cc1)C1CC1. The van der Waals surface area contributed by atoms with E-state index in [2.05, 4.69) is 58.2 Å². The molecular formula is C16H22N4. The number of aryl methyl sites for hydroxylation is 2. The van der Waals surface area contributed by atoms with E-state index in [0.717, 1.165) is 24.8 Å². The van der Waals surface area contributed by atoms with E-state index in [4.69, 9.17) is 0 Å². The quantitative estimate of drug-likeness (QED) is 0.877. The van der Waals surface area contributed by atoms with Crippen molar-refractivity contribution in [1.29, 1.82) is 0 Å². The van der Waals surface area contributed by atoms with Crippen molar-refractivity contribution < 1.29 is 0 Å². The molecule has 1 aliphatic carbocycles. The molecule has 1 saturated carbocycles. The summed E-state index contributed by atoms with van der Waals surface area (Å²) in [4.78, 5) is 0. The topological polar surface area (TPSA) is 42.7 Å². The monoisotopic (exact) mass is 270 g/mol. The molecule has 1 N–H and O–H groups in total. The summed E-state index contributed by atoms with van der Waals surface area (Å²) in [5.41, 5.74) is 2.70. The van der Waals surface area contributed by atoms with Crippen LogP contribution in [-0.2, 0) is 13.1 Å². The molecule has 20 heavy (non-hydrogen) atoms. The van der Waals surface area contributed by atoms with Gasteiger partial charge in [0.25, 0.3) is 0 Å². The lowest BCUT2D eigenvalue weighted by Gasteiger charge is -2.19. The third kappa shape index (κ3) is 2.90. The smallest absolute Gasteiger partial charge is 0.146 e. The van der Waals surface area contributed by atoms with E-state index in [1.54, 1.807) is 6.33 Å². The highest BCUT2D eigenvalue weighted by molar-refractivity contribution is 5.25. The Hall–Kier alpha value is -1.68. The molecule has 1 aliphatic rings. The predicted molar refractivity (Wildman–Crippen MR) is 79.2 cm³/mol. The summed E-state index contributed by atoms with van der Waals surface area (Å²) < 4.78 is 2.09. The maximum atomic E-state index is 4.20. The lowest BCUT2D eigenvalue weighted by Crippen LogP contribution is -2.24. The Balaban J connectivity index is 1.70. The van der Waals surface area contributed by atoms with E-state index in [1.165, 1.54) is 24.0 Å². The molecule has 1 fully saturated rings. The third-order valence-electron chi connectivity index (χ3n) is 4.05. The summed E-state index contributed by atoms with van der Waals surface area (Å²) in [7, 11) is 0. The molecule has 0 radical (unpaired) electrons. The molecule has 4 heteroatoms. The van der Waals surface area contributed by atoms with E-state index in [9.17, 15) is 0 Å². The van der Waals surface area contributed by atoms with E-state index < -0.39 is 0 Å². The van der Waals surface area contributed by atoms with Crippen molar-refractivity contribution >= 4 is 0 Å². The van der Waals surface area contributed by atoms with E-state index in [0.29, 0.717) is 6.04 Å². The van der Waals surface area contributed by atoms with Gasteiger partial charge in [-0.3, -0.25) is 0 Å². The van der Waals surface area contributed by atoms with Crippen LogP contribution < -0.4 is 5.32 Å². The number of rotatable bonds is 6. The van der Waals surface area contributed by atoms with E-state index in [1.807, 2.05) is 0 Å². The van der Waals surface area contributed by atoms with E-state index in [-0.39, 0.29) is 0 Å². The summed E-state index contributed by atoms with van der Waals surface area (Å²) in [6.45, 7) is 5.95. The van der Waals surface area contributed by atoms with Crippen LogP contribution in [0.25, 0.3) is 0 Å². The highest BCUT2D eigenvalue weighted by Crippen LogP contribution is 2.41. The Bertz CT molecular complexity index is 554. The standard InChI is InChI=1S/C16H22N4/c1-3-20-11-18-19-15(20)10-17-16(14-8-9-14)13-6-4-12(2)5-7-13/h4-7,11,14,16-17H,3,8-10H2,1-2H3. The van der Waals surface area contributed by atoms with Gasteiger partial charge in [0.1, 0.15) is 12.2 Å². The van der Waals surface area contributed by atoms with Crippen LogP contribution in [0.1, 0.15) is 42.8 Å². The van der Waals surface area contributed by atoms with Crippen LogP contribution in [0.15, 0.2) is 30.6 Å². The molecule has 0 amide bonds. The van der Waals surface area contributed by atoms with Gasteiger partial charge in [-0.2, -0.15) is 0 Å². The molecule has 3 rings (SSSR count). The molecule has 1 aromatic carbocycles. The van der Waals surface area contributed by atoms with Gasteiger partial charge in [0, 0.05) is 12.6 Å². The fourth-order valence-corrected chi connectivity index (χ4v) is 2.64. The van der Waals surface area contributed by atoms with Crippen LogP contribution in [-0.4, -0.2) is 14.8 Å². The molecule has 1 aromatic heterocycles. The minimum atomic E-state index is 0.442. The van der Waals surface area contributed by atoms with Crippen LogP contribution in [0.2, 0.25) is 0 Å². The van der Waals surface area contributed by atoms with Crippen molar-refractivity contribution in [3.8, 4) is 0 Å². The summed E-state index contributed by atoms with van der Waals surface area (Å²) >= 11 is 0. The minimum Gasteiger partial charge on any atom is -0.317 e. The molecule has 0 spiro atoms. The zero-order chi connectivity index (χ0) is 13.9. The van der Waals surface area contributed by atoms with Crippen molar-refractivity contribution in [1.82, 2.24) is 20.1 Å². The minimum absolute atomic E-state index is 0.442. The molecule has 1 atom stereocenters. The first-order valence-corrected chi connectivity index (χ1v) is 7.44. The molecule has 2 aromatic rings. The van der Waals surface area contributed by atoms with Gasteiger partial charge < -0.3 is 9.88 Å². The zero-order valence-corrected chi connectivity index (χ0v) is 12.2. The number of aromatic nitrogens is 3. The molecule has 1 heterocycles. The molecule has 0 saturated heterocycles. The van der Waals surface area contributed by atoms with Gasteiger partial charge in [-0.15, -0.1) is 10.2 Å². The second kappa shape index (κ2) is 5.75. The lowest BCUT2D eigenvalue weighted by molar-refractivity contribution is 0.464. The summed E-state index contributed by atoms with van der Waals surface area (Å²) in [5, 5.41) is 11.9. The van der Waals surface area contributed by atoms with Gasteiger partial charge in [0.05, 0.1) is 6.54 Å². The summed E-state index contributed by atoms with van der Waals surface area (Å²) in [5.74, 6) is 1.79. The molecule has 0 aliphatic heterocycles. The number of benzene rings is 1. The highest BCUT2D eigenvalue weighted by atomic mass is 15.3. The Morgan fingerprint density at radius 1 is 1.30 bits per heavy atom. The number of nitrogens with one attached hydrogen (secondary N) is 1. The number of nitrogens with zero attached hydrogens (tertiary/aromatic N) is 3. The average molecular weight is 270 g/mol. The van der Waals surface area contributed by atoms with Crippen molar-refractivity contribution in [2.75, 3.05) is 0 Å². The molecule has 106 valence electrons. The fraction of sp³-hybridized carbons (Fsp3) is 0.500. The second-order valence-corrected chi connectivity index (χ2v) is 5.64. The molecule has 0 bridgehead atoms. The van der Waals surface area contributed by atoms with E-state index >= 15 is 0 Å². The summed E-state index contributed by atoms with van der Waals surface area (Å²) in [6, 6.07) is 9.32. The van der Waals surface area contributed by atoms with Crippen LogP contribution >= 0.6 is 0 Å². The second-order valence-electron chi connectivity index (χ2n) is 5.64. The van der Waals surface area contributed by atoms with Gasteiger partial charge in [-0.1, -0.05) is 29.8 Å². The van der Waals surface area contributed by atoms with Gasteiger partial charge >= 0.3 is 0 Å². The first-order chi connectivity index (χ1) is 9.78. The normalized spacial score (nSPS) is 16.3. The van der Waals surface area contributed by atoms with Gasteiger partial charge in [-0.25, -0.2) is 0 Å². The predicted octanol–water partition coefficient (Wildman–Crippen LogP) is 2.85. The number of hydrogen-bond donors (Lipinski definition) is 1. The Labute approximate surface area is 120 Å². The Morgan fingerprint density at radius 2 is 2.05 bits per heavy atom. The van der Waals surface area contributed by atoms with Crippen LogP contribution in [0.4, 0.5) is 0 Å². The van der Waals surface area contributed by atoms with Crippen molar-refractivity contribution in [2.24, 2.45) is 5.92 Å². The maximum absolute atomic E-state index is 4.20.